The topological polar surface area (TPSA) is 165 Å². The molecule has 4 N–H and O–H groups in total. The molecular weight excluding hydrogens is 602 g/mol. The number of hydrogen-bond acceptors (Lipinski definition) is 12. The van der Waals surface area contributed by atoms with Crippen molar-refractivity contribution >= 4 is 41.5 Å². The summed E-state index contributed by atoms with van der Waals surface area (Å²) in [5.41, 5.74) is 4.05. The van der Waals surface area contributed by atoms with Crippen molar-refractivity contribution in [2.24, 2.45) is 5.41 Å². The minimum Gasteiger partial charge on any atom is -0.476 e. The summed E-state index contributed by atoms with van der Waals surface area (Å²) < 4.78 is 46.0. The fraction of sp³-hybridized carbons (Fsp3) is 0.556. The maximum atomic E-state index is 15.8. The molecule has 1 aliphatic rings. The van der Waals surface area contributed by atoms with E-state index in [2.05, 4.69) is 20.0 Å². The number of nitrogens with two attached hydrogens (primary N) is 1. The van der Waals surface area contributed by atoms with Crippen LogP contribution in [0.5, 0.6) is 11.6 Å². The SMILES string of the molecule is CCOc1nc(N)nc2c1ncn2[C@@H]1O[C@H](COP(=S)(N[C@@H](C)C(=O)OCC(C)(C)C)Oc2ccccc2)[C@@H](F)[C@@]1(C)O. The predicted molar refractivity (Wildman–Crippen MR) is 161 cm³/mol. The van der Waals surface area contributed by atoms with Crippen molar-refractivity contribution < 1.29 is 37.5 Å². The van der Waals surface area contributed by atoms with Crippen LogP contribution in [0.1, 0.15) is 47.8 Å². The molecule has 0 aliphatic carbocycles. The summed E-state index contributed by atoms with van der Waals surface area (Å²) >= 11 is 5.74. The van der Waals surface area contributed by atoms with Crippen LogP contribution in [0.3, 0.4) is 0 Å². The van der Waals surface area contributed by atoms with Gasteiger partial charge in [-0.15, -0.1) is 0 Å². The van der Waals surface area contributed by atoms with Gasteiger partial charge in [0, 0.05) is 0 Å². The van der Waals surface area contributed by atoms with E-state index in [0.29, 0.717) is 12.4 Å². The molecule has 0 radical (unpaired) electrons. The number of para-hydroxylation sites is 1. The van der Waals surface area contributed by atoms with Crippen LogP contribution in [0.2, 0.25) is 0 Å². The van der Waals surface area contributed by atoms with Crippen molar-refractivity contribution in [3.8, 4) is 11.6 Å². The van der Waals surface area contributed by atoms with Crippen molar-refractivity contribution in [2.75, 3.05) is 25.6 Å². The Morgan fingerprint density at radius 2 is 2.02 bits per heavy atom. The fourth-order valence-electron chi connectivity index (χ4n) is 4.26. The van der Waals surface area contributed by atoms with E-state index in [9.17, 15) is 9.90 Å². The number of rotatable bonds is 12. The maximum Gasteiger partial charge on any atom is 0.323 e. The first-order valence-electron chi connectivity index (χ1n) is 13.7. The van der Waals surface area contributed by atoms with Crippen molar-refractivity contribution in [2.45, 2.75) is 71.7 Å². The number of benzene rings is 1. The standard InChI is InChI=1S/C27H38FN6O7PS/c1-7-37-22-19-21(31-25(29)32-22)34(15-30-19)24-27(6,36)20(28)18(40-24)13-39-42(43,41-17-11-9-8-10-12-17)33-16(2)23(35)38-14-26(3,4)5/h8-12,15-16,18,20,24,36H,7,13-14H2,1-6H3,(H,33,43)(H2,29,31,32)/t16-,18+,20+,24+,27+,42?/m0/s1. The minimum absolute atomic E-state index is 0.0907. The second-order valence-electron chi connectivity index (χ2n) is 11.5. The van der Waals surface area contributed by atoms with Crippen molar-refractivity contribution in [3.63, 3.8) is 0 Å². The first kappa shape index (κ1) is 33.0. The number of imidazole rings is 1. The van der Waals surface area contributed by atoms with Crippen molar-refractivity contribution in [1.29, 1.82) is 0 Å². The van der Waals surface area contributed by atoms with Gasteiger partial charge in [-0.1, -0.05) is 39.0 Å². The van der Waals surface area contributed by atoms with Crippen LogP contribution in [0, 0.1) is 5.41 Å². The molecule has 1 saturated heterocycles. The minimum atomic E-state index is -3.49. The van der Waals surface area contributed by atoms with E-state index in [1.165, 1.54) is 17.8 Å². The largest absolute Gasteiger partial charge is 0.476 e. The highest BCUT2D eigenvalue weighted by molar-refractivity contribution is 8.09. The molecule has 0 saturated carbocycles. The summed E-state index contributed by atoms with van der Waals surface area (Å²) in [6, 6.07) is 7.74. The molecule has 4 rings (SSSR count). The number of nitrogen functional groups attached to an aromatic ring is 1. The van der Waals surface area contributed by atoms with Gasteiger partial charge in [0.25, 0.3) is 0 Å². The van der Waals surface area contributed by atoms with Crippen LogP contribution >= 0.6 is 6.64 Å². The lowest BCUT2D eigenvalue weighted by Crippen LogP contribution is -2.42. The van der Waals surface area contributed by atoms with Gasteiger partial charge in [0.15, 0.2) is 23.6 Å². The zero-order valence-corrected chi connectivity index (χ0v) is 26.6. The normalized spacial score (nSPS) is 24.4. The smallest absolute Gasteiger partial charge is 0.323 e. The molecule has 0 amide bonds. The first-order chi connectivity index (χ1) is 20.1. The van der Waals surface area contributed by atoms with E-state index in [4.69, 9.17) is 40.8 Å². The zero-order valence-electron chi connectivity index (χ0n) is 24.9. The van der Waals surface area contributed by atoms with Crippen LogP contribution in [0.4, 0.5) is 10.3 Å². The maximum absolute atomic E-state index is 15.8. The van der Waals surface area contributed by atoms with Gasteiger partial charge in [0.1, 0.15) is 23.5 Å². The monoisotopic (exact) mass is 640 g/mol. The molecule has 3 heterocycles. The summed E-state index contributed by atoms with van der Waals surface area (Å²) in [7, 11) is 0. The molecule has 0 spiro atoms. The summed E-state index contributed by atoms with van der Waals surface area (Å²) in [4.78, 5) is 25.3. The second-order valence-corrected chi connectivity index (χ2v) is 14.7. The number of carbonyl (C=O) groups excluding carboxylic acids is 1. The Morgan fingerprint density at radius 1 is 1.33 bits per heavy atom. The molecule has 236 valence electrons. The molecular formula is C27H38FN6O7PS. The number of nitrogens with zero attached hydrogens (tertiary/aromatic N) is 4. The zero-order chi connectivity index (χ0) is 31.6. The number of hydrogen-bond donors (Lipinski definition) is 3. The van der Waals surface area contributed by atoms with Gasteiger partial charge in [0.05, 0.1) is 26.1 Å². The number of fused-ring (bicyclic) bond motifs is 1. The van der Waals surface area contributed by atoms with Crippen LogP contribution in [-0.2, 0) is 30.6 Å². The lowest BCUT2D eigenvalue weighted by Gasteiger charge is -2.28. The molecule has 1 fully saturated rings. The van der Waals surface area contributed by atoms with E-state index in [-0.39, 0.29) is 35.0 Å². The molecule has 1 aromatic carbocycles. The molecule has 2 aromatic heterocycles. The number of aromatic nitrogens is 4. The Kier molecular flexibility index (Phi) is 9.94. The van der Waals surface area contributed by atoms with Gasteiger partial charge in [-0.25, -0.2) is 14.5 Å². The Morgan fingerprint density at radius 3 is 2.67 bits per heavy atom. The van der Waals surface area contributed by atoms with Crippen molar-refractivity contribution in [3.05, 3.63) is 36.7 Å². The average Bonchev–Trinajstić information content (AvgIpc) is 3.44. The molecule has 13 nitrogen and oxygen atoms in total. The van der Waals surface area contributed by atoms with Crippen LogP contribution in [0.15, 0.2) is 36.7 Å². The van der Waals surface area contributed by atoms with E-state index in [0.717, 1.165) is 0 Å². The molecule has 0 bridgehead atoms. The van der Waals surface area contributed by atoms with Gasteiger partial charge >= 0.3 is 12.6 Å². The molecule has 1 unspecified atom stereocenters. The van der Waals surface area contributed by atoms with Gasteiger partial charge in [-0.3, -0.25) is 9.36 Å². The molecule has 6 atom stereocenters. The number of ether oxygens (including phenoxy) is 3. The van der Waals surface area contributed by atoms with E-state index >= 15 is 4.39 Å². The summed E-state index contributed by atoms with van der Waals surface area (Å²) in [5, 5.41) is 14.2. The molecule has 1 aliphatic heterocycles. The second kappa shape index (κ2) is 13.0. The lowest BCUT2D eigenvalue weighted by atomic mass is 9.98. The molecule has 16 heteroatoms. The highest BCUT2D eigenvalue weighted by Crippen LogP contribution is 2.48. The van der Waals surface area contributed by atoms with Crippen LogP contribution in [0.25, 0.3) is 11.2 Å². The number of carbonyl (C=O) groups is 1. The third-order valence-corrected chi connectivity index (χ3v) is 8.86. The number of nitrogens with one attached hydrogen (secondary N) is 1. The van der Waals surface area contributed by atoms with Gasteiger partial charge in [-0.05, 0) is 50.1 Å². The number of anilines is 1. The van der Waals surface area contributed by atoms with E-state index < -0.39 is 49.4 Å². The molecule has 3 aromatic rings. The van der Waals surface area contributed by atoms with Crippen LogP contribution < -0.4 is 20.1 Å². The van der Waals surface area contributed by atoms with E-state index in [1.54, 1.807) is 44.2 Å². The predicted octanol–water partition coefficient (Wildman–Crippen LogP) is 3.68. The number of halogens is 1. The Hall–Kier alpha value is -2.94. The average molecular weight is 641 g/mol. The summed E-state index contributed by atoms with van der Waals surface area (Å²) in [5.74, 6) is -0.104. The van der Waals surface area contributed by atoms with Crippen molar-refractivity contribution in [1.82, 2.24) is 24.6 Å². The van der Waals surface area contributed by atoms with E-state index in [1.807, 2.05) is 20.8 Å². The number of esters is 1. The highest BCUT2D eigenvalue weighted by atomic mass is 32.5. The molecule has 43 heavy (non-hydrogen) atoms. The van der Waals surface area contributed by atoms with Gasteiger partial charge in [0.2, 0.25) is 11.8 Å². The lowest BCUT2D eigenvalue weighted by molar-refractivity contribution is -0.148. The third kappa shape index (κ3) is 7.78. The number of alkyl halides is 1. The quantitative estimate of drug-likeness (QED) is 0.194. The first-order valence-corrected chi connectivity index (χ1v) is 16.4. The number of aliphatic hydroxyl groups is 1. The Labute approximate surface area is 254 Å². The fourth-order valence-corrected chi connectivity index (χ4v) is 6.67. The Bertz CT molecular complexity index is 1470. The summed E-state index contributed by atoms with van der Waals surface area (Å²) in [6.07, 6.45) is -3.13. The Balaban J connectivity index is 1.54. The van der Waals surface area contributed by atoms with Gasteiger partial charge in [-0.2, -0.15) is 9.97 Å². The van der Waals surface area contributed by atoms with Crippen LogP contribution in [-0.4, -0.2) is 74.3 Å². The van der Waals surface area contributed by atoms with Gasteiger partial charge < -0.3 is 34.1 Å². The third-order valence-electron chi connectivity index (χ3n) is 6.36. The summed E-state index contributed by atoms with van der Waals surface area (Å²) in [6.45, 7) is 7.05. The highest BCUT2D eigenvalue weighted by Gasteiger charge is 2.55.